The number of aromatic hydroxyl groups is 1. The smallest absolute Gasteiger partial charge is 0.160 e. The van der Waals surface area contributed by atoms with Crippen molar-refractivity contribution >= 4 is 5.69 Å². The molecule has 0 saturated carbocycles. The molecule has 134 valence electrons. The summed E-state index contributed by atoms with van der Waals surface area (Å²) in [6.45, 7) is 3.83. The van der Waals surface area contributed by atoms with E-state index in [1.807, 2.05) is 23.1 Å². The summed E-state index contributed by atoms with van der Waals surface area (Å²) < 4.78 is 24.7. The molecule has 0 amide bonds. The first-order chi connectivity index (χ1) is 12.2. The lowest BCUT2D eigenvalue weighted by Crippen LogP contribution is -2.36. The number of benzene rings is 2. The van der Waals surface area contributed by atoms with Crippen LogP contribution in [-0.4, -0.2) is 38.5 Å². The van der Waals surface area contributed by atoms with E-state index in [4.69, 9.17) is 9.47 Å². The van der Waals surface area contributed by atoms with Crippen molar-refractivity contribution in [3.05, 3.63) is 53.3 Å². The topological polar surface area (TPSA) is 54.0 Å². The maximum Gasteiger partial charge on any atom is 0.160 e. The lowest BCUT2D eigenvalue weighted by Gasteiger charge is -2.29. The molecule has 0 bridgehead atoms. The number of ether oxygens (including phenoxy) is 2. The Bertz CT molecular complexity index is 718. The highest BCUT2D eigenvalue weighted by Crippen LogP contribution is 2.26. The number of anilines is 1. The molecular weight excluding hydrogens is 323 g/mol. The first kappa shape index (κ1) is 17.5. The highest BCUT2D eigenvalue weighted by Gasteiger charge is 2.15. The third-order valence-corrected chi connectivity index (χ3v) is 4.27. The van der Waals surface area contributed by atoms with Gasteiger partial charge in [-0.3, -0.25) is 0 Å². The summed E-state index contributed by atoms with van der Waals surface area (Å²) in [6, 6.07) is 10.6. The maximum absolute atomic E-state index is 14.4. The maximum atomic E-state index is 14.4. The average Bonchev–Trinajstić information content (AvgIpc) is 2.63. The van der Waals surface area contributed by atoms with Gasteiger partial charge in [-0.1, -0.05) is 12.1 Å². The van der Waals surface area contributed by atoms with Crippen LogP contribution in [0.2, 0.25) is 0 Å². The predicted octanol–water partition coefficient (Wildman–Crippen LogP) is 2.67. The molecule has 2 aromatic carbocycles. The third-order valence-electron chi connectivity index (χ3n) is 4.27. The van der Waals surface area contributed by atoms with Crippen molar-refractivity contribution in [2.45, 2.75) is 13.1 Å². The molecule has 0 aromatic heterocycles. The van der Waals surface area contributed by atoms with E-state index < -0.39 is 0 Å². The standard InChI is InChI=1S/C19H23FN2O3/c1-24-19-5-3-15(11-18(19)23)13-21-12-14-2-4-17(16(20)10-14)22-6-8-25-9-7-22/h2-5,10-11,21,23H,6-9,12-13H2,1H3. The van der Waals surface area contributed by atoms with Gasteiger partial charge in [-0.05, 0) is 35.4 Å². The van der Waals surface area contributed by atoms with Crippen LogP contribution in [0.3, 0.4) is 0 Å². The van der Waals surface area contributed by atoms with Gasteiger partial charge in [-0.15, -0.1) is 0 Å². The lowest BCUT2D eigenvalue weighted by molar-refractivity contribution is 0.122. The Morgan fingerprint density at radius 2 is 1.80 bits per heavy atom. The van der Waals surface area contributed by atoms with E-state index in [-0.39, 0.29) is 11.6 Å². The van der Waals surface area contributed by atoms with Crippen LogP contribution in [0.5, 0.6) is 11.5 Å². The second-order valence-corrected chi connectivity index (χ2v) is 5.99. The van der Waals surface area contributed by atoms with Gasteiger partial charge in [0.15, 0.2) is 11.5 Å². The summed E-state index contributed by atoms with van der Waals surface area (Å²) in [5, 5.41) is 13.0. The minimum atomic E-state index is -0.205. The van der Waals surface area contributed by atoms with Crippen molar-refractivity contribution in [1.82, 2.24) is 5.32 Å². The lowest BCUT2D eigenvalue weighted by atomic mass is 10.1. The van der Waals surface area contributed by atoms with Gasteiger partial charge in [0.25, 0.3) is 0 Å². The number of nitrogens with zero attached hydrogens (tertiary/aromatic N) is 1. The third kappa shape index (κ3) is 4.41. The van der Waals surface area contributed by atoms with Gasteiger partial charge in [-0.25, -0.2) is 4.39 Å². The Morgan fingerprint density at radius 1 is 1.12 bits per heavy atom. The minimum absolute atomic E-state index is 0.114. The fourth-order valence-electron chi connectivity index (χ4n) is 2.92. The molecule has 0 aliphatic carbocycles. The number of phenolic OH excluding ortho intramolecular Hbond substituents is 1. The normalized spacial score (nSPS) is 14.6. The SMILES string of the molecule is COc1ccc(CNCc2ccc(N3CCOCC3)c(F)c2)cc1O. The van der Waals surface area contributed by atoms with Crippen molar-refractivity contribution < 1.29 is 19.0 Å². The summed E-state index contributed by atoms with van der Waals surface area (Å²) in [7, 11) is 1.52. The van der Waals surface area contributed by atoms with E-state index in [1.165, 1.54) is 7.11 Å². The second-order valence-electron chi connectivity index (χ2n) is 5.99. The zero-order valence-corrected chi connectivity index (χ0v) is 14.3. The van der Waals surface area contributed by atoms with Gasteiger partial charge in [0.2, 0.25) is 0 Å². The van der Waals surface area contributed by atoms with E-state index in [0.29, 0.717) is 37.7 Å². The molecule has 2 aromatic rings. The molecule has 1 heterocycles. The zero-order chi connectivity index (χ0) is 17.6. The van der Waals surface area contributed by atoms with Gasteiger partial charge in [0.1, 0.15) is 5.82 Å². The zero-order valence-electron chi connectivity index (χ0n) is 14.3. The molecule has 0 atom stereocenters. The summed E-state index contributed by atoms with van der Waals surface area (Å²) in [5.41, 5.74) is 2.45. The Hall–Kier alpha value is -2.31. The molecule has 1 saturated heterocycles. The van der Waals surface area contributed by atoms with Crippen LogP contribution in [0, 0.1) is 5.82 Å². The fourth-order valence-corrected chi connectivity index (χ4v) is 2.92. The quantitative estimate of drug-likeness (QED) is 0.842. The number of nitrogens with one attached hydrogen (secondary N) is 1. The van der Waals surface area contributed by atoms with Crippen molar-refractivity contribution in [2.75, 3.05) is 38.3 Å². The van der Waals surface area contributed by atoms with Gasteiger partial charge in [-0.2, -0.15) is 0 Å². The molecule has 1 fully saturated rings. The number of methoxy groups -OCH3 is 1. The van der Waals surface area contributed by atoms with Gasteiger partial charge >= 0.3 is 0 Å². The summed E-state index contributed by atoms with van der Waals surface area (Å²) in [6.07, 6.45) is 0. The molecule has 25 heavy (non-hydrogen) atoms. The van der Waals surface area contributed by atoms with Crippen LogP contribution < -0.4 is 15.0 Å². The number of morpholine rings is 1. The van der Waals surface area contributed by atoms with Gasteiger partial charge in [0.05, 0.1) is 26.0 Å². The molecule has 0 radical (unpaired) electrons. The molecule has 3 rings (SSSR count). The first-order valence-corrected chi connectivity index (χ1v) is 8.35. The van der Waals surface area contributed by atoms with E-state index in [0.717, 1.165) is 24.2 Å². The Labute approximate surface area is 147 Å². The summed E-state index contributed by atoms with van der Waals surface area (Å²) in [4.78, 5) is 2.01. The van der Waals surface area contributed by atoms with E-state index in [2.05, 4.69) is 5.32 Å². The largest absolute Gasteiger partial charge is 0.504 e. The Kier molecular flexibility index (Phi) is 5.73. The van der Waals surface area contributed by atoms with Crippen molar-refractivity contribution in [2.24, 2.45) is 0 Å². The first-order valence-electron chi connectivity index (χ1n) is 8.35. The van der Waals surface area contributed by atoms with Crippen LogP contribution in [0.25, 0.3) is 0 Å². The minimum Gasteiger partial charge on any atom is -0.504 e. The molecule has 1 aliphatic heterocycles. The van der Waals surface area contributed by atoms with Crippen molar-refractivity contribution in [3.63, 3.8) is 0 Å². The molecule has 5 nitrogen and oxygen atoms in total. The molecule has 6 heteroatoms. The monoisotopic (exact) mass is 346 g/mol. The van der Waals surface area contributed by atoms with E-state index in [9.17, 15) is 9.50 Å². The van der Waals surface area contributed by atoms with E-state index in [1.54, 1.807) is 18.2 Å². The highest BCUT2D eigenvalue weighted by molar-refractivity contribution is 5.49. The van der Waals surface area contributed by atoms with Crippen LogP contribution in [-0.2, 0) is 17.8 Å². The van der Waals surface area contributed by atoms with Crippen molar-refractivity contribution in [1.29, 1.82) is 0 Å². The number of phenols is 1. The molecular formula is C19H23FN2O3. The van der Waals surface area contributed by atoms with Crippen LogP contribution in [0.4, 0.5) is 10.1 Å². The molecule has 1 aliphatic rings. The fraction of sp³-hybridized carbons (Fsp3) is 0.368. The molecule has 2 N–H and O–H groups in total. The van der Waals surface area contributed by atoms with Gasteiger partial charge in [0, 0.05) is 26.2 Å². The second kappa shape index (κ2) is 8.18. The average molecular weight is 346 g/mol. The molecule has 0 unspecified atom stereocenters. The number of halogens is 1. The Morgan fingerprint density at radius 3 is 2.44 bits per heavy atom. The number of hydrogen-bond donors (Lipinski definition) is 2. The summed E-state index contributed by atoms with van der Waals surface area (Å²) >= 11 is 0. The number of hydrogen-bond acceptors (Lipinski definition) is 5. The van der Waals surface area contributed by atoms with Crippen LogP contribution in [0.1, 0.15) is 11.1 Å². The highest BCUT2D eigenvalue weighted by atomic mass is 19.1. The van der Waals surface area contributed by atoms with Gasteiger partial charge < -0.3 is 24.8 Å². The predicted molar refractivity (Wildman–Crippen MR) is 94.6 cm³/mol. The van der Waals surface area contributed by atoms with Crippen LogP contribution >= 0.6 is 0 Å². The van der Waals surface area contributed by atoms with Crippen LogP contribution in [0.15, 0.2) is 36.4 Å². The summed E-state index contributed by atoms with van der Waals surface area (Å²) in [5.74, 6) is 0.357. The Balaban J connectivity index is 1.56. The number of rotatable bonds is 6. The van der Waals surface area contributed by atoms with E-state index >= 15 is 0 Å². The van der Waals surface area contributed by atoms with Crippen molar-refractivity contribution in [3.8, 4) is 11.5 Å². The molecule has 0 spiro atoms.